The molecule has 134 valence electrons. The maximum absolute atomic E-state index is 14.0. The Labute approximate surface area is 147 Å². The lowest BCUT2D eigenvalue weighted by atomic mass is 10.2. The van der Waals surface area contributed by atoms with Gasteiger partial charge in [-0.25, -0.2) is 22.8 Å². The third-order valence-electron chi connectivity index (χ3n) is 3.45. The Bertz CT molecular complexity index is 905. The number of rotatable bonds is 5. The molecule has 0 saturated carbocycles. The summed E-state index contributed by atoms with van der Waals surface area (Å²) >= 11 is 0. The van der Waals surface area contributed by atoms with Gasteiger partial charge in [-0.3, -0.25) is 4.72 Å². The number of halogens is 1. The van der Waals surface area contributed by atoms with Gasteiger partial charge in [-0.15, -0.1) is 0 Å². The predicted octanol–water partition coefficient (Wildman–Crippen LogP) is 3.85. The summed E-state index contributed by atoms with van der Waals surface area (Å²) in [4.78, 5) is 8.36. The van der Waals surface area contributed by atoms with Crippen LogP contribution in [0.1, 0.15) is 32.2 Å². The quantitative estimate of drug-likeness (QED) is 0.842. The molecule has 0 fully saturated rings. The Morgan fingerprint density at radius 1 is 1.28 bits per heavy atom. The number of benzene rings is 1. The van der Waals surface area contributed by atoms with E-state index in [-0.39, 0.29) is 5.69 Å². The Balaban J connectivity index is 2.35. The highest BCUT2D eigenvalue weighted by molar-refractivity contribution is 7.94. The molecule has 1 aromatic carbocycles. The number of sulfonamides is 1. The van der Waals surface area contributed by atoms with E-state index in [0.29, 0.717) is 17.3 Å². The Kier molecular flexibility index (Phi) is 5.12. The third kappa shape index (κ3) is 4.33. The smallest absolute Gasteiger partial charge is 0.237 e. The van der Waals surface area contributed by atoms with Crippen molar-refractivity contribution in [2.75, 3.05) is 10.0 Å². The van der Waals surface area contributed by atoms with Crippen LogP contribution in [-0.2, 0) is 10.0 Å². The zero-order chi connectivity index (χ0) is 18.8. The van der Waals surface area contributed by atoms with Crippen molar-refractivity contribution in [3.05, 3.63) is 48.2 Å². The fraction of sp³-hybridized carbons (Fsp3) is 0.294. The van der Waals surface area contributed by atoms with Gasteiger partial charge in [0.25, 0.3) is 0 Å². The van der Waals surface area contributed by atoms with Crippen LogP contribution in [0.25, 0.3) is 6.08 Å². The van der Waals surface area contributed by atoms with Gasteiger partial charge in [-0.2, -0.15) is 0 Å². The Morgan fingerprint density at radius 3 is 2.56 bits per heavy atom. The van der Waals surface area contributed by atoms with Crippen LogP contribution in [0, 0.1) is 12.7 Å². The molecule has 25 heavy (non-hydrogen) atoms. The van der Waals surface area contributed by atoms with Crippen LogP contribution in [0.5, 0.6) is 0 Å². The van der Waals surface area contributed by atoms with E-state index in [1.807, 2.05) is 6.92 Å². The third-order valence-corrected chi connectivity index (χ3v) is 5.55. The molecule has 0 amide bonds. The second-order valence-electron chi connectivity index (χ2n) is 6.50. The number of anilines is 3. The highest BCUT2D eigenvalue weighted by Gasteiger charge is 2.29. The summed E-state index contributed by atoms with van der Waals surface area (Å²) in [7, 11) is -3.74. The molecule has 8 heteroatoms. The van der Waals surface area contributed by atoms with Crippen LogP contribution in [0.3, 0.4) is 0 Å². The van der Waals surface area contributed by atoms with E-state index in [1.54, 1.807) is 6.20 Å². The van der Waals surface area contributed by atoms with Gasteiger partial charge in [0.15, 0.2) is 5.82 Å². The summed E-state index contributed by atoms with van der Waals surface area (Å²) in [5, 5.41) is 3.04. The van der Waals surface area contributed by atoms with Crippen molar-refractivity contribution in [2.45, 2.75) is 32.4 Å². The van der Waals surface area contributed by atoms with E-state index in [0.717, 1.165) is 5.56 Å². The Hall–Kier alpha value is -2.48. The summed E-state index contributed by atoms with van der Waals surface area (Å²) in [6.45, 7) is 10.1. The van der Waals surface area contributed by atoms with Crippen molar-refractivity contribution in [1.29, 1.82) is 0 Å². The first-order valence-corrected chi connectivity index (χ1v) is 9.07. The first-order valence-electron chi connectivity index (χ1n) is 7.58. The van der Waals surface area contributed by atoms with E-state index in [2.05, 4.69) is 26.6 Å². The molecule has 6 nitrogen and oxygen atoms in total. The van der Waals surface area contributed by atoms with E-state index >= 15 is 0 Å². The molecule has 1 heterocycles. The number of hydrogen-bond acceptors (Lipinski definition) is 5. The zero-order valence-corrected chi connectivity index (χ0v) is 15.4. The molecule has 0 aliphatic rings. The van der Waals surface area contributed by atoms with E-state index in [4.69, 9.17) is 0 Å². The predicted molar refractivity (Wildman–Crippen MR) is 98.8 cm³/mol. The molecule has 2 aromatic rings. The van der Waals surface area contributed by atoms with Crippen molar-refractivity contribution >= 4 is 33.3 Å². The molecule has 2 rings (SSSR count). The molecule has 0 unspecified atom stereocenters. The van der Waals surface area contributed by atoms with Crippen LogP contribution >= 0.6 is 0 Å². The van der Waals surface area contributed by atoms with Gasteiger partial charge in [-0.1, -0.05) is 6.58 Å². The monoisotopic (exact) mass is 364 g/mol. The molecule has 0 bridgehead atoms. The van der Waals surface area contributed by atoms with Crippen LogP contribution in [0.4, 0.5) is 21.6 Å². The summed E-state index contributed by atoms with van der Waals surface area (Å²) in [5.41, 5.74) is 1.15. The molecule has 0 saturated heterocycles. The van der Waals surface area contributed by atoms with Crippen molar-refractivity contribution in [1.82, 2.24) is 9.97 Å². The molecule has 0 aliphatic heterocycles. The van der Waals surface area contributed by atoms with E-state index in [1.165, 1.54) is 45.0 Å². The van der Waals surface area contributed by atoms with Gasteiger partial charge in [-0.05, 0) is 52.0 Å². The summed E-state index contributed by atoms with van der Waals surface area (Å²) in [5.74, 6) is 0.314. The van der Waals surface area contributed by atoms with Crippen molar-refractivity contribution in [3.8, 4) is 0 Å². The maximum Gasteiger partial charge on any atom is 0.237 e. The number of aryl methyl sites for hydroxylation is 1. The van der Waals surface area contributed by atoms with Crippen LogP contribution < -0.4 is 10.0 Å². The average molecular weight is 364 g/mol. The Morgan fingerprint density at radius 2 is 1.96 bits per heavy atom. The number of nitrogens with one attached hydrogen (secondary N) is 2. The van der Waals surface area contributed by atoms with Crippen LogP contribution in [0.15, 0.2) is 31.0 Å². The zero-order valence-electron chi connectivity index (χ0n) is 14.6. The fourth-order valence-corrected chi connectivity index (χ4v) is 2.55. The van der Waals surface area contributed by atoms with E-state index < -0.39 is 20.6 Å². The second-order valence-corrected chi connectivity index (χ2v) is 8.94. The first kappa shape index (κ1) is 18.9. The lowest BCUT2D eigenvalue weighted by Gasteiger charge is -2.21. The van der Waals surface area contributed by atoms with Crippen molar-refractivity contribution in [2.24, 2.45) is 0 Å². The first-order chi connectivity index (χ1) is 11.5. The molecular weight excluding hydrogens is 343 g/mol. The molecule has 0 radical (unpaired) electrons. The van der Waals surface area contributed by atoms with Gasteiger partial charge in [0.2, 0.25) is 10.0 Å². The minimum Gasteiger partial charge on any atom is -0.340 e. The number of hydrogen-bond donors (Lipinski definition) is 2. The molecule has 0 atom stereocenters. The largest absolute Gasteiger partial charge is 0.340 e. The van der Waals surface area contributed by atoms with Crippen molar-refractivity contribution < 1.29 is 12.8 Å². The molecule has 0 aliphatic carbocycles. The van der Waals surface area contributed by atoms with Gasteiger partial charge < -0.3 is 5.32 Å². The van der Waals surface area contributed by atoms with Gasteiger partial charge in [0, 0.05) is 17.4 Å². The average Bonchev–Trinajstić information content (AvgIpc) is 2.51. The van der Waals surface area contributed by atoms with Crippen LogP contribution in [-0.4, -0.2) is 23.1 Å². The highest BCUT2D eigenvalue weighted by Crippen LogP contribution is 2.26. The minimum atomic E-state index is -3.74. The highest BCUT2D eigenvalue weighted by atomic mass is 32.2. The fourth-order valence-electron chi connectivity index (χ4n) is 1.80. The minimum absolute atomic E-state index is 0.129. The lowest BCUT2D eigenvalue weighted by Crippen LogP contribution is -2.34. The maximum atomic E-state index is 14.0. The summed E-state index contributed by atoms with van der Waals surface area (Å²) in [6, 6.07) is 4.07. The van der Waals surface area contributed by atoms with E-state index in [9.17, 15) is 12.8 Å². The number of nitrogens with zero attached hydrogens (tertiary/aromatic N) is 2. The second kappa shape index (κ2) is 6.79. The number of aromatic nitrogens is 2. The lowest BCUT2D eigenvalue weighted by molar-refractivity contribution is 0.564. The standard InChI is InChI=1S/C17H21FN4O2S/c1-6-15-19-10-11(2)16(21-15)20-12-7-8-13(18)14(9-12)22-25(23,24)17(3,4)5/h6-10,22H,1H2,2-5H3,(H,19,20,21). The SMILES string of the molecule is C=Cc1ncc(C)c(Nc2ccc(F)c(NS(=O)(=O)C(C)(C)C)c2)n1. The van der Waals surface area contributed by atoms with Gasteiger partial charge in [0.1, 0.15) is 11.6 Å². The molecule has 2 N–H and O–H groups in total. The van der Waals surface area contributed by atoms with Crippen molar-refractivity contribution in [3.63, 3.8) is 0 Å². The molecule has 1 aromatic heterocycles. The van der Waals surface area contributed by atoms with Gasteiger partial charge in [0.05, 0.1) is 10.4 Å². The summed E-state index contributed by atoms with van der Waals surface area (Å²) < 4.78 is 39.8. The molecule has 0 spiro atoms. The molecular formula is C17H21FN4O2S. The summed E-state index contributed by atoms with van der Waals surface area (Å²) in [6.07, 6.45) is 3.15. The van der Waals surface area contributed by atoms with Gasteiger partial charge >= 0.3 is 0 Å². The normalized spacial score (nSPS) is 11.9. The van der Waals surface area contributed by atoms with Crippen LogP contribution in [0.2, 0.25) is 0 Å². The topological polar surface area (TPSA) is 84.0 Å².